The number of thioether (sulfide) groups is 1. The van der Waals surface area contributed by atoms with Crippen LogP contribution in [0.1, 0.15) is 18.2 Å². The predicted octanol–water partition coefficient (Wildman–Crippen LogP) is 4.11. The van der Waals surface area contributed by atoms with Crippen LogP contribution in [-0.2, 0) is 22.5 Å². The molecule has 1 atom stereocenters. The van der Waals surface area contributed by atoms with Gasteiger partial charge < -0.3 is 19.1 Å². The van der Waals surface area contributed by atoms with Gasteiger partial charge in [-0.25, -0.2) is 4.79 Å². The van der Waals surface area contributed by atoms with E-state index in [-0.39, 0.29) is 17.4 Å². The number of carboxylic acid groups (broad SMARTS) is 1. The van der Waals surface area contributed by atoms with Crippen LogP contribution in [0, 0.1) is 6.92 Å². The fourth-order valence-corrected chi connectivity index (χ4v) is 3.90. The molecule has 0 fully saturated rings. The highest BCUT2D eigenvalue weighted by Gasteiger charge is 2.17. The van der Waals surface area contributed by atoms with Crippen LogP contribution in [0.4, 0.5) is 0 Å². The normalized spacial score (nSPS) is 11.6. The Labute approximate surface area is 204 Å². The van der Waals surface area contributed by atoms with Gasteiger partial charge in [-0.3, -0.25) is 0 Å². The molecule has 0 aliphatic heterocycles. The zero-order valence-corrected chi connectivity index (χ0v) is 19.0. The summed E-state index contributed by atoms with van der Waals surface area (Å²) < 4.78 is 13.5. The largest absolute Gasteiger partial charge is 0.492 e. The van der Waals surface area contributed by atoms with Crippen LogP contribution < -0.4 is 4.74 Å². The van der Waals surface area contributed by atoms with Crippen LogP contribution >= 0.6 is 11.8 Å². The number of benzene rings is 2. The van der Waals surface area contributed by atoms with Crippen molar-refractivity contribution in [1.82, 2.24) is 4.57 Å². The molecule has 7 heteroatoms. The lowest BCUT2D eigenvalue weighted by molar-refractivity contribution is -0.149. The highest BCUT2D eigenvalue weighted by atomic mass is 32.2. The molecule has 0 aliphatic rings. The molecule has 32 heavy (non-hydrogen) atoms. The van der Waals surface area contributed by atoms with Crippen LogP contribution in [0.15, 0.2) is 65.6 Å². The standard InChI is InChI=1S/C25H29NO4S.Al.3H/c1-4-29-24(25(27)28)17-19-6-10-21(11-7-19)30-16-15-26-18(2)5-14-23(26)20-8-12-22(31-3)13-9-20;;;;/h5-14,24H,4,15-17H2,1-3H3,(H,27,28);;;;. The maximum atomic E-state index is 11.3. The first-order valence-electron chi connectivity index (χ1n) is 10.4. The van der Waals surface area contributed by atoms with Gasteiger partial charge in [0.05, 0.1) is 6.54 Å². The SMILES string of the molecule is CCOC(Cc1ccc(OCCn2c(C)ccc2-c2ccc(SC)cc2)cc1)C(=O)O.[AlH3]. The van der Waals surface area contributed by atoms with Crippen molar-refractivity contribution < 1.29 is 19.4 Å². The summed E-state index contributed by atoms with van der Waals surface area (Å²) >= 11 is 1.74. The van der Waals surface area contributed by atoms with Gasteiger partial charge in [-0.05, 0) is 67.6 Å². The van der Waals surface area contributed by atoms with E-state index in [9.17, 15) is 9.90 Å². The molecule has 1 N–H and O–H groups in total. The summed E-state index contributed by atoms with van der Waals surface area (Å²) in [6, 6.07) is 20.4. The van der Waals surface area contributed by atoms with E-state index >= 15 is 0 Å². The van der Waals surface area contributed by atoms with E-state index in [1.165, 1.54) is 21.8 Å². The second kappa shape index (κ2) is 12.8. The van der Waals surface area contributed by atoms with E-state index in [1.54, 1.807) is 18.7 Å². The number of carboxylic acids is 1. The minimum Gasteiger partial charge on any atom is -0.492 e. The molecule has 0 radical (unpaired) electrons. The van der Waals surface area contributed by atoms with E-state index in [0.717, 1.165) is 17.9 Å². The van der Waals surface area contributed by atoms with Crippen molar-refractivity contribution in [2.45, 2.75) is 37.8 Å². The number of aryl methyl sites for hydroxylation is 1. The fraction of sp³-hybridized carbons (Fsp3) is 0.320. The van der Waals surface area contributed by atoms with Gasteiger partial charge >= 0.3 is 5.97 Å². The van der Waals surface area contributed by atoms with E-state index in [0.29, 0.717) is 19.6 Å². The maximum Gasteiger partial charge on any atom is 0.333 e. The summed E-state index contributed by atoms with van der Waals surface area (Å²) in [4.78, 5) is 12.5. The molecule has 0 spiro atoms. The number of ether oxygens (including phenoxy) is 2. The van der Waals surface area contributed by atoms with Crippen molar-refractivity contribution in [3.05, 3.63) is 71.9 Å². The van der Waals surface area contributed by atoms with Crippen molar-refractivity contribution >= 4 is 35.1 Å². The molecule has 1 unspecified atom stereocenters. The molecular weight excluding hydrogens is 437 g/mol. The number of aliphatic carboxylic acids is 1. The molecule has 1 aromatic heterocycles. The third-order valence-corrected chi connectivity index (χ3v) is 5.90. The lowest BCUT2D eigenvalue weighted by atomic mass is 10.1. The first kappa shape index (κ1) is 26.1. The van der Waals surface area contributed by atoms with E-state index in [4.69, 9.17) is 9.47 Å². The molecule has 0 aliphatic carbocycles. The van der Waals surface area contributed by atoms with Gasteiger partial charge in [0.1, 0.15) is 12.4 Å². The Kier molecular flexibility index (Phi) is 10.4. The molecule has 0 amide bonds. The second-order valence-corrected chi connectivity index (χ2v) is 8.10. The Morgan fingerprint density at radius 3 is 2.34 bits per heavy atom. The molecule has 0 saturated carbocycles. The molecule has 0 bridgehead atoms. The van der Waals surface area contributed by atoms with Gasteiger partial charge in [0.15, 0.2) is 23.5 Å². The van der Waals surface area contributed by atoms with Gasteiger partial charge in [0, 0.05) is 29.3 Å². The summed E-state index contributed by atoms with van der Waals surface area (Å²) in [6.45, 7) is 5.56. The average molecular weight is 470 g/mol. The van der Waals surface area contributed by atoms with Crippen LogP contribution in [0.3, 0.4) is 0 Å². The molecule has 5 nitrogen and oxygen atoms in total. The molecule has 1 heterocycles. The smallest absolute Gasteiger partial charge is 0.333 e. The minimum atomic E-state index is -0.942. The lowest BCUT2D eigenvalue weighted by Crippen LogP contribution is -2.26. The first-order valence-corrected chi connectivity index (χ1v) is 11.6. The second-order valence-electron chi connectivity index (χ2n) is 7.22. The monoisotopic (exact) mass is 469 g/mol. The fourth-order valence-electron chi connectivity index (χ4n) is 3.49. The number of hydrogen-bond donors (Lipinski definition) is 1. The van der Waals surface area contributed by atoms with E-state index in [1.807, 2.05) is 24.3 Å². The topological polar surface area (TPSA) is 60.7 Å². The van der Waals surface area contributed by atoms with Crippen molar-refractivity contribution in [3.63, 3.8) is 0 Å². The molecule has 0 saturated heterocycles. The third kappa shape index (κ3) is 6.91. The van der Waals surface area contributed by atoms with Crippen LogP contribution in [0.2, 0.25) is 0 Å². The zero-order valence-electron chi connectivity index (χ0n) is 18.2. The quantitative estimate of drug-likeness (QED) is 0.338. The van der Waals surface area contributed by atoms with Gasteiger partial charge in [0.25, 0.3) is 0 Å². The number of carbonyl (C=O) groups is 1. The Bertz CT molecular complexity index is 986. The van der Waals surface area contributed by atoms with Crippen LogP contribution in [0.5, 0.6) is 5.75 Å². The minimum absolute atomic E-state index is 0. The highest BCUT2D eigenvalue weighted by molar-refractivity contribution is 7.98. The molecular formula is C25H32AlNO4S. The Morgan fingerprint density at radius 2 is 1.75 bits per heavy atom. The van der Waals surface area contributed by atoms with Gasteiger partial charge in [-0.2, -0.15) is 0 Å². The number of nitrogens with zero attached hydrogens (tertiary/aromatic N) is 1. The van der Waals surface area contributed by atoms with Gasteiger partial charge in [-0.1, -0.05) is 24.3 Å². The van der Waals surface area contributed by atoms with Crippen molar-refractivity contribution in [1.29, 1.82) is 0 Å². The average Bonchev–Trinajstić information content (AvgIpc) is 3.15. The Morgan fingerprint density at radius 1 is 1.06 bits per heavy atom. The van der Waals surface area contributed by atoms with Crippen molar-refractivity contribution in [2.75, 3.05) is 19.5 Å². The van der Waals surface area contributed by atoms with Crippen LogP contribution in [-0.4, -0.2) is 58.6 Å². The van der Waals surface area contributed by atoms with E-state index < -0.39 is 12.1 Å². The van der Waals surface area contributed by atoms with Crippen molar-refractivity contribution in [3.8, 4) is 17.0 Å². The molecule has 170 valence electrons. The molecule has 2 aromatic carbocycles. The molecule has 3 aromatic rings. The van der Waals surface area contributed by atoms with Crippen LogP contribution in [0.25, 0.3) is 11.3 Å². The molecule has 3 rings (SSSR count). The summed E-state index contributed by atoms with van der Waals surface area (Å²) in [5.41, 5.74) is 4.47. The predicted molar refractivity (Wildman–Crippen MR) is 135 cm³/mol. The maximum absolute atomic E-state index is 11.3. The summed E-state index contributed by atoms with van der Waals surface area (Å²) in [7, 11) is 0. The third-order valence-electron chi connectivity index (χ3n) is 5.16. The summed E-state index contributed by atoms with van der Waals surface area (Å²) in [5.74, 6) is -0.175. The summed E-state index contributed by atoms with van der Waals surface area (Å²) in [5, 5.41) is 9.23. The number of rotatable bonds is 11. The zero-order chi connectivity index (χ0) is 22.2. The van der Waals surface area contributed by atoms with Gasteiger partial charge in [0.2, 0.25) is 0 Å². The first-order chi connectivity index (χ1) is 15.0. The Balaban J connectivity index is 0.00000363. The number of hydrogen-bond acceptors (Lipinski definition) is 4. The van der Waals surface area contributed by atoms with Gasteiger partial charge in [-0.15, -0.1) is 11.8 Å². The highest BCUT2D eigenvalue weighted by Crippen LogP contribution is 2.25. The summed E-state index contributed by atoms with van der Waals surface area (Å²) in [6.07, 6.45) is 1.59. The Hall–Kier alpha value is -2.17. The van der Waals surface area contributed by atoms with Crippen molar-refractivity contribution in [2.24, 2.45) is 0 Å². The number of aromatic nitrogens is 1. The van der Waals surface area contributed by atoms with E-state index in [2.05, 4.69) is 54.1 Å². The lowest BCUT2D eigenvalue weighted by Gasteiger charge is -2.14.